The Morgan fingerprint density at radius 3 is 2.89 bits per heavy atom. The minimum absolute atomic E-state index is 0.212. The molecule has 0 saturated heterocycles. The molecule has 0 amide bonds. The molecule has 0 aliphatic heterocycles. The van der Waals surface area contributed by atoms with Crippen LogP contribution in [0.15, 0.2) is 29.6 Å². The summed E-state index contributed by atoms with van der Waals surface area (Å²) in [7, 11) is -1.84. The zero-order valence-electron chi connectivity index (χ0n) is 10.8. The highest BCUT2D eigenvalue weighted by Crippen LogP contribution is 2.16. The summed E-state index contributed by atoms with van der Waals surface area (Å²) in [5.74, 6) is 0. The van der Waals surface area contributed by atoms with E-state index in [0.29, 0.717) is 12.2 Å². The summed E-state index contributed by atoms with van der Waals surface area (Å²) in [5.41, 5.74) is 1.27. The Kier molecular flexibility index (Phi) is 3.91. The first kappa shape index (κ1) is 13.6. The van der Waals surface area contributed by atoms with E-state index in [4.69, 9.17) is 0 Å². The Balaban J connectivity index is 2.13. The molecule has 7 nitrogen and oxygen atoms in total. The van der Waals surface area contributed by atoms with Crippen molar-refractivity contribution in [1.82, 2.24) is 20.1 Å². The van der Waals surface area contributed by atoms with Crippen LogP contribution < -0.4 is 10.0 Å². The van der Waals surface area contributed by atoms with E-state index >= 15 is 0 Å². The van der Waals surface area contributed by atoms with Crippen molar-refractivity contribution in [3.8, 4) is 0 Å². The largest absolute Gasteiger partial charge is 0.363 e. The van der Waals surface area contributed by atoms with Crippen LogP contribution >= 0.6 is 0 Å². The highest BCUT2D eigenvalue weighted by atomic mass is 32.2. The average molecular weight is 283 g/mol. The Morgan fingerprint density at radius 1 is 1.47 bits per heavy atom. The molecule has 8 heteroatoms. The van der Waals surface area contributed by atoms with Crippen LogP contribution in [0.2, 0.25) is 0 Å². The van der Waals surface area contributed by atoms with Crippen molar-refractivity contribution < 1.29 is 8.42 Å². The van der Waals surface area contributed by atoms with Crippen LogP contribution in [0.4, 0.5) is 5.69 Å². The fourth-order valence-corrected chi connectivity index (χ4v) is 2.67. The Labute approximate surface area is 112 Å². The monoisotopic (exact) mass is 283 g/mol. The van der Waals surface area contributed by atoms with Gasteiger partial charge in [-0.05, 0) is 12.6 Å². The maximum absolute atomic E-state index is 12.1. The molecule has 0 spiro atoms. The van der Waals surface area contributed by atoms with Gasteiger partial charge in [0.1, 0.15) is 4.90 Å². The van der Waals surface area contributed by atoms with Crippen LogP contribution in [0.1, 0.15) is 12.6 Å². The molecule has 0 aliphatic carbocycles. The van der Waals surface area contributed by atoms with Gasteiger partial charge in [0.25, 0.3) is 10.0 Å². The van der Waals surface area contributed by atoms with Crippen LogP contribution in [0.3, 0.4) is 0 Å². The molecule has 0 fully saturated rings. The fraction of sp³-hybridized carbons (Fsp3) is 0.364. The summed E-state index contributed by atoms with van der Waals surface area (Å²) in [5, 5.41) is 7.03. The summed E-state index contributed by atoms with van der Waals surface area (Å²) < 4.78 is 28.2. The minimum atomic E-state index is -3.57. The van der Waals surface area contributed by atoms with Crippen molar-refractivity contribution in [3.05, 3.63) is 30.4 Å². The van der Waals surface area contributed by atoms with Crippen LogP contribution in [0, 0.1) is 0 Å². The molecule has 104 valence electrons. The number of hydrogen-bond donors (Lipinski definition) is 3. The van der Waals surface area contributed by atoms with E-state index in [1.807, 2.05) is 6.92 Å². The van der Waals surface area contributed by atoms with E-state index in [9.17, 15) is 8.42 Å². The van der Waals surface area contributed by atoms with Gasteiger partial charge >= 0.3 is 0 Å². The molecular formula is C11H17N5O2S. The third-order valence-electron chi connectivity index (χ3n) is 2.55. The summed E-state index contributed by atoms with van der Waals surface area (Å²) in [6.07, 6.45) is 4.54. The summed E-state index contributed by atoms with van der Waals surface area (Å²) in [6, 6.07) is 1.61. The third-order valence-corrected chi connectivity index (χ3v) is 3.91. The molecule has 0 unspecified atom stereocenters. The first-order chi connectivity index (χ1) is 9.01. The molecule has 0 atom stereocenters. The number of aromatic amines is 1. The first-order valence-corrected chi connectivity index (χ1v) is 7.39. The van der Waals surface area contributed by atoms with Gasteiger partial charge in [0, 0.05) is 31.7 Å². The maximum Gasteiger partial charge on any atom is 0.263 e. The number of nitrogens with zero attached hydrogens (tertiary/aromatic N) is 2. The van der Waals surface area contributed by atoms with Gasteiger partial charge in [-0.15, -0.1) is 0 Å². The predicted octanol–water partition coefficient (Wildman–Crippen LogP) is 0.658. The van der Waals surface area contributed by atoms with Gasteiger partial charge in [-0.2, -0.15) is 5.10 Å². The maximum atomic E-state index is 12.1. The standard InChI is InChI=1S/C11H17N5O2S/c1-3-12-5-9-4-11(7-13-9)19(17,18)15-10-6-14-16(2)8-10/h4,6-8,12-13,15H,3,5H2,1-2H3. The predicted molar refractivity (Wildman–Crippen MR) is 72.2 cm³/mol. The smallest absolute Gasteiger partial charge is 0.263 e. The number of sulfonamides is 1. The van der Waals surface area contributed by atoms with Crippen molar-refractivity contribution in [1.29, 1.82) is 0 Å². The topological polar surface area (TPSA) is 91.8 Å². The Hall–Kier alpha value is -1.80. The second-order valence-corrected chi connectivity index (χ2v) is 5.83. The molecular weight excluding hydrogens is 266 g/mol. The van der Waals surface area contributed by atoms with Crippen molar-refractivity contribution in [3.63, 3.8) is 0 Å². The van der Waals surface area contributed by atoms with Gasteiger partial charge in [-0.1, -0.05) is 6.92 Å². The zero-order chi connectivity index (χ0) is 13.9. The number of nitrogens with one attached hydrogen (secondary N) is 3. The third kappa shape index (κ3) is 3.36. The van der Waals surface area contributed by atoms with E-state index in [2.05, 4.69) is 20.1 Å². The number of hydrogen-bond acceptors (Lipinski definition) is 4. The summed E-state index contributed by atoms with van der Waals surface area (Å²) in [4.78, 5) is 3.15. The molecule has 19 heavy (non-hydrogen) atoms. The van der Waals surface area contributed by atoms with E-state index in [1.54, 1.807) is 19.3 Å². The SMILES string of the molecule is CCNCc1cc(S(=O)(=O)Nc2cnn(C)c2)c[nH]1. The second kappa shape index (κ2) is 5.45. The lowest BCUT2D eigenvalue weighted by atomic mass is 10.4. The molecule has 0 aliphatic rings. The lowest BCUT2D eigenvalue weighted by Crippen LogP contribution is -2.12. The molecule has 0 aromatic carbocycles. The number of aromatic nitrogens is 3. The van der Waals surface area contributed by atoms with Gasteiger partial charge < -0.3 is 10.3 Å². The highest BCUT2D eigenvalue weighted by Gasteiger charge is 2.16. The van der Waals surface area contributed by atoms with Gasteiger partial charge in [-0.25, -0.2) is 8.42 Å². The van der Waals surface area contributed by atoms with Crippen molar-refractivity contribution in [2.24, 2.45) is 7.05 Å². The molecule has 0 radical (unpaired) electrons. The molecule has 2 rings (SSSR count). The van der Waals surface area contributed by atoms with Crippen molar-refractivity contribution in [2.75, 3.05) is 11.3 Å². The molecule has 2 heterocycles. The summed E-state index contributed by atoms with van der Waals surface area (Å²) in [6.45, 7) is 3.43. The second-order valence-electron chi connectivity index (χ2n) is 4.15. The van der Waals surface area contributed by atoms with Gasteiger partial charge in [0.2, 0.25) is 0 Å². The lowest BCUT2D eigenvalue weighted by molar-refractivity contribution is 0.601. The lowest BCUT2D eigenvalue weighted by Gasteiger charge is -2.02. The quantitative estimate of drug-likeness (QED) is 0.726. The van der Waals surface area contributed by atoms with Crippen LogP contribution in [0.5, 0.6) is 0 Å². The summed E-state index contributed by atoms with van der Waals surface area (Å²) >= 11 is 0. The Morgan fingerprint density at radius 2 is 2.26 bits per heavy atom. The zero-order valence-corrected chi connectivity index (χ0v) is 11.7. The highest BCUT2D eigenvalue weighted by molar-refractivity contribution is 7.92. The number of aryl methyl sites for hydroxylation is 1. The number of anilines is 1. The molecule has 0 bridgehead atoms. The molecule has 2 aromatic heterocycles. The van der Waals surface area contributed by atoms with E-state index in [0.717, 1.165) is 12.2 Å². The van der Waals surface area contributed by atoms with Crippen molar-refractivity contribution in [2.45, 2.75) is 18.4 Å². The van der Waals surface area contributed by atoms with Gasteiger partial charge in [0.15, 0.2) is 0 Å². The van der Waals surface area contributed by atoms with E-state index in [-0.39, 0.29) is 4.90 Å². The molecule has 3 N–H and O–H groups in total. The first-order valence-electron chi connectivity index (χ1n) is 5.91. The van der Waals surface area contributed by atoms with E-state index in [1.165, 1.54) is 17.1 Å². The van der Waals surface area contributed by atoms with E-state index < -0.39 is 10.0 Å². The average Bonchev–Trinajstić information content (AvgIpc) is 2.95. The van der Waals surface area contributed by atoms with Crippen LogP contribution in [-0.4, -0.2) is 29.7 Å². The Bertz CT molecular complexity index is 644. The van der Waals surface area contributed by atoms with Gasteiger partial charge in [-0.3, -0.25) is 9.40 Å². The van der Waals surface area contributed by atoms with Crippen molar-refractivity contribution >= 4 is 15.7 Å². The molecule has 2 aromatic rings. The minimum Gasteiger partial charge on any atom is -0.363 e. The molecule has 0 saturated carbocycles. The fourth-order valence-electron chi connectivity index (χ4n) is 1.62. The number of H-pyrrole nitrogens is 1. The van der Waals surface area contributed by atoms with Crippen LogP contribution in [0.25, 0.3) is 0 Å². The normalized spacial score (nSPS) is 11.7. The van der Waals surface area contributed by atoms with Gasteiger partial charge in [0.05, 0.1) is 11.9 Å². The van der Waals surface area contributed by atoms with Crippen LogP contribution in [-0.2, 0) is 23.6 Å². The number of rotatable bonds is 6.